The van der Waals surface area contributed by atoms with Gasteiger partial charge in [0.05, 0.1) is 0 Å². The maximum Gasteiger partial charge on any atom is 0.0220 e. The van der Waals surface area contributed by atoms with Gasteiger partial charge in [-0.1, -0.05) is 20.8 Å². The third kappa shape index (κ3) is 4.13. The maximum absolute atomic E-state index is 3.44. The molecule has 74 valence electrons. The summed E-state index contributed by atoms with van der Waals surface area (Å²) in [5.41, 5.74) is 1.72. The summed E-state index contributed by atoms with van der Waals surface area (Å²) in [6.07, 6.45) is 4.23. The fourth-order valence-electron chi connectivity index (χ4n) is 1.25. The predicted octanol–water partition coefficient (Wildman–Crippen LogP) is 2.16. The molecule has 0 aliphatic carbocycles. The summed E-state index contributed by atoms with van der Waals surface area (Å²) in [4.78, 5) is 0. The molecule has 0 radical (unpaired) electrons. The van der Waals surface area contributed by atoms with Crippen LogP contribution < -0.4 is 5.32 Å². The van der Waals surface area contributed by atoms with Gasteiger partial charge in [0.25, 0.3) is 0 Å². The molecule has 1 aromatic heterocycles. The second-order valence-corrected chi connectivity index (χ2v) is 4.85. The van der Waals surface area contributed by atoms with Gasteiger partial charge in [-0.15, -0.1) is 0 Å². The highest BCUT2D eigenvalue weighted by atomic mass is 14.9. The van der Waals surface area contributed by atoms with E-state index in [4.69, 9.17) is 0 Å². The van der Waals surface area contributed by atoms with Crippen molar-refractivity contribution in [1.29, 1.82) is 0 Å². The molecular formula is C11H20N2. The second kappa shape index (κ2) is 3.97. The van der Waals surface area contributed by atoms with Gasteiger partial charge >= 0.3 is 0 Å². The van der Waals surface area contributed by atoms with Crippen LogP contribution in [0.2, 0.25) is 0 Å². The Kier molecular flexibility index (Phi) is 3.15. The van der Waals surface area contributed by atoms with Crippen LogP contribution in [-0.4, -0.2) is 11.1 Å². The van der Waals surface area contributed by atoms with Crippen molar-refractivity contribution in [2.45, 2.75) is 27.3 Å². The van der Waals surface area contributed by atoms with Gasteiger partial charge in [-0.2, -0.15) is 0 Å². The Morgan fingerprint density at radius 2 is 2.08 bits per heavy atom. The number of aryl methyl sites for hydroxylation is 1. The van der Waals surface area contributed by atoms with E-state index in [1.54, 1.807) is 0 Å². The summed E-state index contributed by atoms with van der Waals surface area (Å²) in [6.45, 7) is 8.75. The molecule has 0 aliphatic rings. The average Bonchev–Trinajstić information content (AvgIpc) is 2.33. The Hall–Kier alpha value is -0.760. The molecule has 13 heavy (non-hydrogen) atoms. The largest absolute Gasteiger partial charge is 0.357 e. The van der Waals surface area contributed by atoms with Crippen LogP contribution in [0.15, 0.2) is 18.5 Å². The van der Waals surface area contributed by atoms with Crippen LogP contribution in [0.5, 0.6) is 0 Å². The van der Waals surface area contributed by atoms with E-state index in [2.05, 4.69) is 49.1 Å². The molecule has 1 heterocycles. The quantitative estimate of drug-likeness (QED) is 0.754. The number of nitrogens with one attached hydrogen (secondary N) is 1. The second-order valence-electron chi connectivity index (χ2n) is 4.85. The number of nitrogens with zero attached hydrogens (tertiary/aromatic N) is 1. The molecule has 0 atom stereocenters. The van der Waals surface area contributed by atoms with E-state index in [1.165, 1.54) is 5.56 Å². The zero-order chi connectivity index (χ0) is 9.90. The Morgan fingerprint density at radius 1 is 1.38 bits per heavy atom. The van der Waals surface area contributed by atoms with Crippen molar-refractivity contribution < 1.29 is 0 Å². The van der Waals surface area contributed by atoms with E-state index in [0.717, 1.165) is 13.1 Å². The van der Waals surface area contributed by atoms with Crippen molar-refractivity contribution in [1.82, 2.24) is 9.88 Å². The van der Waals surface area contributed by atoms with Gasteiger partial charge in [0.15, 0.2) is 0 Å². The van der Waals surface area contributed by atoms with Crippen LogP contribution >= 0.6 is 0 Å². The minimum atomic E-state index is 0.370. The van der Waals surface area contributed by atoms with Crippen molar-refractivity contribution in [3.05, 3.63) is 24.0 Å². The molecule has 0 aromatic carbocycles. The standard InChI is InChI=1S/C11H20N2/c1-11(2,3)9-12-7-10-5-6-13(4)8-10/h5-6,8,12H,7,9H2,1-4H3. The minimum absolute atomic E-state index is 0.370. The lowest BCUT2D eigenvalue weighted by molar-refractivity contribution is 0.379. The van der Waals surface area contributed by atoms with Gasteiger partial charge < -0.3 is 9.88 Å². The third-order valence-corrected chi connectivity index (χ3v) is 1.88. The monoisotopic (exact) mass is 180 g/mol. The predicted molar refractivity (Wildman–Crippen MR) is 56.6 cm³/mol. The Morgan fingerprint density at radius 3 is 2.54 bits per heavy atom. The molecule has 2 nitrogen and oxygen atoms in total. The molecule has 2 heteroatoms. The summed E-state index contributed by atoms with van der Waals surface area (Å²) in [5, 5.41) is 3.44. The van der Waals surface area contributed by atoms with Gasteiger partial charge in [0.2, 0.25) is 0 Å². The summed E-state index contributed by atoms with van der Waals surface area (Å²) >= 11 is 0. The normalized spacial score (nSPS) is 12.0. The zero-order valence-corrected chi connectivity index (χ0v) is 9.09. The van der Waals surface area contributed by atoms with Crippen molar-refractivity contribution >= 4 is 0 Å². The van der Waals surface area contributed by atoms with Gasteiger partial charge in [-0.3, -0.25) is 0 Å². The first-order chi connectivity index (χ1) is 5.97. The number of aromatic nitrogens is 1. The van der Waals surface area contributed by atoms with Crippen LogP contribution in [0, 0.1) is 5.41 Å². The smallest absolute Gasteiger partial charge is 0.0220 e. The third-order valence-electron chi connectivity index (χ3n) is 1.88. The zero-order valence-electron chi connectivity index (χ0n) is 9.09. The van der Waals surface area contributed by atoms with Crippen molar-refractivity contribution in [3.8, 4) is 0 Å². The summed E-state index contributed by atoms with van der Waals surface area (Å²) < 4.78 is 2.08. The summed E-state index contributed by atoms with van der Waals surface area (Å²) in [7, 11) is 2.05. The van der Waals surface area contributed by atoms with E-state index < -0.39 is 0 Å². The molecule has 1 aromatic rings. The highest BCUT2D eigenvalue weighted by Gasteiger charge is 2.08. The fraction of sp³-hybridized carbons (Fsp3) is 0.636. The van der Waals surface area contributed by atoms with Crippen LogP contribution in [-0.2, 0) is 13.6 Å². The topological polar surface area (TPSA) is 17.0 Å². The van der Waals surface area contributed by atoms with Gasteiger partial charge in [-0.05, 0) is 17.0 Å². The number of rotatable bonds is 3. The summed E-state index contributed by atoms with van der Waals surface area (Å²) in [6, 6.07) is 2.15. The minimum Gasteiger partial charge on any atom is -0.357 e. The molecule has 0 fully saturated rings. The fourth-order valence-corrected chi connectivity index (χ4v) is 1.25. The SMILES string of the molecule is Cn1ccc(CNCC(C)(C)C)c1. The van der Waals surface area contributed by atoms with Crippen molar-refractivity contribution in [3.63, 3.8) is 0 Å². The summed E-state index contributed by atoms with van der Waals surface area (Å²) in [5.74, 6) is 0. The lowest BCUT2D eigenvalue weighted by Crippen LogP contribution is -2.26. The van der Waals surface area contributed by atoms with Crippen LogP contribution in [0.3, 0.4) is 0 Å². The molecule has 0 amide bonds. The van der Waals surface area contributed by atoms with E-state index in [1.807, 2.05) is 7.05 Å². The Balaban J connectivity index is 2.28. The Bertz CT molecular complexity index is 255. The van der Waals surface area contributed by atoms with Gasteiger partial charge in [-0.25, -0.2) is 0 Å². The molecule has 1 rings (SSSR count). The Labute approximate surface area is 81.0 Å². The lowest BCUT2D eigenvalue weighted by Gasteiger charge is -2.18. The maximum atomic E-state index is 3.44. The average molecular weight is 180 g/mol. The van der Waals surface area contributed by atoms with Gasteiger partial charge in [0, 0.05) is 32.5 Å². The van der Waals surface area contributed by atoms with Crippen LogP contribution in [0.4, 0.5) is 0 Å². The van der Waals surface area contributed by atoms with Crippen molar-refractivity contribution in [2.24, 2.45) is 12.5 Å². The lowest BCUT2D eigenvalue weighted by atomic mass is 9.97. The highest BCUT2D eigenvalue weighted by Crippen LogP contribution is 2.10. The highest BCUT2D eigenvalue weighted by molar-refractivity contribution is 5.09. The van der Waals surface area contributed by atoms with E-state index in [-0.39, 0.29) is 0 Å². The van der Waals surface area contributed by atoms with E-state index in [0.29, 0.717) is 5.41 Å². The molecule has 0 spiro atoms. The van der Waals surface area contributed by atoms with Gasteiger partial charge in [0.1, 0.15) is 0 Å². The van der Waals surface area contributed by atoms with E-state index in [9.17, 15) is 0 Å². The molecule has 0 saturated heterocycles. The van der Waals surface area contributed by atoms with E-state index >= 15 is 0 Å². The molecule has 0 bridgehead atoms. The van der Waals surface area contributed by atoms with Crippen LogP contribution in [0.1, 0.15) is 26.3 Å². The first-order valence-electron chi connectivity index (χ1n) is 4.79. The molecule has 0 saturated carbocycles. The van der Waals surface area contributed by atoms with Crippen LogP contribution in [0.25, 0.3) is 0 Å². The molecule has 0 unspecified atom stereocenters. The first-order valence-corrected chi connectivity index (χ1v) is 4.79. The molecule has 0 aliphatic heterocycles. The van der Waals surface area contributed by atoms with Crippen molar-refractivity contribution in [2.75, 3.05) is 6.54 Å². The first kappa shape index (κ1) is 10.3. The molecule has 1 N–H and O–H groups in total. The number of hydrogen-bond donors (Lipinski definition) is 1. The molecular weight excluding hydrogens is 160 g/mol. The number of hydrogen-bond acceptors (Lipinski definition) is 1.